The van der Waals surface area contributed by atoms with Crippen LogP contribution in [0.2, 0.25) is 0 Å². The van der Waals surface area contributed by atoms with Gasteiger partial charge in [0.2, 0.25) is 5.91 Å². The summed E-state index contributed by atoms with van der Waals surface area (Å²) >= 11 is 0. The fourth-order valence-electron chi connectivity index (χ4n) is 2.00. The molecule has 1 amide bonds. The lowest BCUT2D eigenvalue weighted by molar-refractivity contribution is -0.143. The number of carboxylic acid groups (broad SMARTS) is 1. The molecular formula is C10H16N2O3. The Labute approximate surface area is 88.4 Å². The molecule has 1 unspecified atom stereocenters. The van der Waals surface area contributed by atoms with Crippen molar-refractivity contribution in [2.75, 3.05) is 20.1 Å². The molecule has 0 aromatic heterocycles. The Hall–Kier alpha value is -1.10. The van der Waals surface area contributed by atoms with E-state index < -0.39 is 11.5 Å². The van der Waals surface area contributed by atoms with Crippen LogP contribution in [0.1, 0.15) is 19.3 Å². The van der Waals surface area contributed by atoms with Gasteiger partial charge in [-0.05, 0) is 32.9 Å². The van der Waals surface area contributed by atoms with E-state index in [4.69, 9.17) is 5.11 Å². The Bertz CT molecular complexity index is 299. The Morgan fingerprint density at radius 3 is 2.53 bits per heavy atom. The van der Waals surface area contributed by atoms with E-state index in [1.165, 1.54) is 0 Å². The molecule has 1 atom stereocenters. The van der Waals surface area contributed by atoms with Crippen molar-refractivity contribution >= 4 is 11.9 Å². The van der Waals surface area contributed by atoms with E-state index in [-0.39, 0.29) is 11.8 Å². The van der Waals surface area contributed by atoms with Crippen molar-refractivity contribution < 1.29 is 14.7 Å². The molecule has 0 aromatic rings. The van der Waals surface area contributed by atoms with E-state index >= 15 is 0 Å². The second-order valence-electron chi connectivity index (χ2n) is 4.62. The van der Waals surface area contributed by atoms with Crippen molar-refractivity contribution in [3.8, 4) is 0 Å². The van der Waals surface area contributed by atoms with Crippen molar-refractivity contribution in [2.24, 2.45) is 5.92 Å². The van der Waals surface area contributed by atoms with Gasteiger partial charge in [-0.25, -0.2) is 4.79 Å². The second-order valence-corrected chi connectivity index (χ2v) is 4.62. The minimum atomic E-state index is -0.932. The second kappa shape index (κ2) is 3.48. The average molecular weight is 212 g/mol. The molecule has 0 radical (unpaired) electrons. The van der Waals surface area contributed by atoms with Gasteiger partial charge in [-0.2, -0.15) is 0 Å². The molecule has 2 fully saturated rings. The van der Waals surface area contributed by atoms with Crippen LogP contribution in [0.25, 0.3) is 0 Å². The van der Waals surface area contributed by atoms with E-state index in [0.717, 1.165) is 19.5 Å². The Balaban J connectivity index is 1.90. The number of nitrogens with one attached hydrogen (secondary N) is 1. The summed E-state index contributed by atoms with van der Waals surface area (Å²) in [6.07, 6.45) is 1.96. The summed E-state index contributed by atoms with van der Waals surface area (Å²) in [5.41, 5.74) is -0.932. The van der Waals surface area contributed by atoms with Crippen molar-refractivity contribution in [2.45, 2.75) is 24.8 Å². The highest BCUT2D eigenvalue weighted by molar-refractivity contribution is 5.90. The third-order valence-corrected chi connectivity index (χ3v) is 3.28. The molecule has 5 nitrogen and oxygen atoms in total. The van der Waals surface area contributed by atoms with Crippen LogP contribution in [-0.2, 0) is 9.59 Å². The van der Waals surface area contributed by atoms with E-state index in [2.05, 4.69) is 10.2 Å². The molecule has 2 N–H and O–H groups in total. The molecular weight excluding hydrogens is 196 g/mol. The standard InChI is InChI=1S/C10H16N2O3/c1-12-5-2-7(6-12)8(13)11-10(3-4-10)9(14)15/h7H,2-6H2,1H3,(H,11,13)(H,14,15). The summed E-state index contributed by atoms with van der Waals surface area (Å²) in [5, 5.41) is 11.6. The Morgan fingerprint density at radius 1 is 1.47 bits per heavy atom. The normalized spacial score (nSPS) is 28.7. The minimum Gasteiger partial charge on any atom is -0.480 e. The predicted octanol–water partition coefficient (Wildman–Crippen LogP) is -0.328. The van der Waals surface area contributed by atoms with Crippen LogP contribution < -0.4 is 5.32 Å². The van der Waals surface area contributed by atoms with Crippen molar-refractivity contribution in [3.63, 3.8) is 0 Å². The van der Waals surface area contributed by atoms with Gasteiger partial charge in [0.15, 0.2) is 0 Å². The third-order valence-electron chi connectivity index (χ3n) is 3.28. The van der Waals surface area contributed by atoms with Crippen LogP contribution in [-0.4, -0.2) is 47.6 Å². The van der Waals surface area contributed by atoms with Crippen molar-refractivity contribution in [1.82, 2.24) is 10.2 Å². The number of hydrogen-bond acceptors (Lipinski definition) is 3. The monoisotopic (exact) mass is 212 g/mol. The summed E-state index contributed by atoms with van der Waals surface area (Å²) in [5.74, 6) is -1.03. The number of hydrogen-bond donors (Lipinski definition) is 2. The molecule has 0 spiro atoms. The fraction of sp³-hybridized carbons (Fsp3) is 0.800. The lowest BCUT2D eigenvalue weighted by Gasteiger charge is -2.16. The van der Waals surface area contributed by atoms with E-state index in [0.29, 0.717) is 12.8 Å². The van der Waals surface area contributed by atoms with Gasteiger partial charge in [0.05, 0.1) is 5.92 Å². The van der Waals surface area contributed by atoms with Crippen molar-refractivity contribution in [1.29, 1.82) is 0 Å². The fourth-order valence-corrected chi connectivity index (χ4v) is 2.00. The SMILES string of the molecule is CN1CCC(C(=O)NC2(C(=O)O)CC2)C1. The molecule has 1 heterocycles. The molecule has 5 heteroatoms. The number of carbonyl (C=O) groups is 2. The van der Waals surface area contributed by atoms with Crippen LogP contribution in [0.3, 0.4) is 0 Å². The first-order valence-electron chi connectivity index (χ1n) is 5.27. The highest BCUT2D eigenvalue weighted by Crippen LogP contribution is 2.36. The number of amides is 1. The molecule has 15 heavy (non-hydrogen) atoms. The maximum Gasteiger partial charge on any atom is 0.329 e. The van der Waals surface area contributed by atoms with E-state index in [1.54, 1.807) is 0 Å². The highest BCUT2D eigenvalue weighted by Gasteiger charge is 2.52. The van der Waals surface area contributed by atoms with Gasteiger partial charge >= 0.3 is 5.97 Å². The Kier molecular flexibility index (Phi) is 2.42. The van der Waals surface area contributed by atoms with Gasteiger partial charge in [0, 0.05) is 6.54 Å². The number of aliphatic carboxylic acids is 1. The number of likely N-dealkylation sites (tertiary alicyclic amines) is 1. The van der Waals surface area contributed by atoms with Gasteiger partial charge in [-0.3, -0.25) is 4.79 Å². The first-order valence-corrected chi connectivity index (χ1v) is 5.27. The Morgan fingerprint density at radius 2 is 2.13 bits per heavy atom. The number of rotatable bonds is 3. The first-order chi connectivity index (χ1) is 7.03. The number of nitrogens with zero attached hydrogens (tertiary/aromatic N) is 1. The number of carboxylic acids is 1. The van der Waals surface area contributed by atoms with E-state index in [1.807, 2.05) is 7.05 Å². The van der Waals surface area contributed by atoms with Gasteiger partial charge < -0.3 is 15.3 Å². The molecule has 84 valence electrons. The smallest absolute Gasteiger partial charge is 0.329 e. The van der Waals surface area contributed by atoms with Crippen LogP contribution >= 0.6 is 0 Å². The molecule has 2 aliphatic rings. The maximum atomic E-state index is 11.7. The molecule has 1 aliphatic heterocycles. The van der Waals surface area contributed by atoms with Crippen LogP contribution in [0, 0.1) is 5.92 Å². The summed E-state index contributed by atoms with van der Waals surface area (Å²) in [6.45, 7) is 1.65. The topological polar surface area (TPSA) is 69.6 Å². The third kappa shape index (κ3) is 1.97. The lowest BCUT2D eigenvalue weighted by Crippen LogP contribution is -2.46. The van der Waals surface area contributed by atoms with Crippen LogP contribution in [0.4, 0.5) is 0 Å². The molecule has 0 aromatic carbocycles. The summed E-state index contributed by atoms with van der Waals surface area (Å²) in [7, 11) is 1.97. The quantitative estimate of drug-likeness (QED) is 0.672. The summed E-state index contributed by atoms with van der Waals surface area (Å²) < 4.78 is 0. The van der Waals surface area contributed by atoms with Gasteiger partial charge in [-0.1, -0.05) is 0 Å². The molecule has 1 aliphatic carbocycles. The lowest BCUT2D eigenvalue weighted by atomic mass is 10.1. The molecule has 2 rings (SSSR count). The number of carbonyl (C=O) groups excluding carboxylic acids is 1. The largest absolute Gasteiger partial charge is 0.480 e. The first kappa shape index (κ1) is 10.4. The molecule has 0 bridgehead atoms. The zero-order chi connectivity index (χ0) is 11.1. The zero-order valence-corrected chi connectivity index (χ0v) is 8.82. The van der Waals surface area contributed by atoms with Crippen LogP contribution in [0.5, 0.6) is 0 Å². The zero-order valence-electron chi connectivity index (χ0n) is 8.82. The maximum absolute atomic E-state index is 11.7. The van der Waals surface area contributed by atoms with Gasteiger partial charge in [0.1, 0.15) is 5.54 Å². The highest BCUT2D eigenvalue weighted by atomic mass is 16.4. The van der Waals surface area contributed by atoms with Crippen molar-refractivity contribution in [3.05, 3.63) is 0 Å². The van der Waals surface area contributed by atoms with Crippen LogP contribution in [0.15, 0.2) is 0 Å². The summed E-state index contributed by atoms with van der Waals surface area (Å²) in [6, 6.07) is 0. The van der Waals surface area contributed by atoms with Gasteiger partial charge in [-0.15, -0.1) is 0 Å². The molecule has 1 saturated heterocycles. The molecule has 1 saturated carbocycles. The average Bonchev–Trinajstić information content (AvgIpc) is 2.82. The predicted molar refractivity (Wildman–Crippen MR) is 53.3 cm³/mol. The van der Waals surface area contributed by atoms with Gasteiger partial charge in [0.25, 0.3) is 0 Å². The minimum absolute atomic E-state index is 0.0353. The van der Waals surface area contributed by atoms with E-state index in [9.17, 15) is 9.59 Å². The summed E-state index contributed by atoms with van der Waals surface area (Å²) in [4.78, 5) is 24.7.